The number of guanidine groups is 1. The summed E-state index contributed by atoms with van der Waals surface area (Å²) in [5.41, 5.74) is 0.964. The van der Waals surface area contributed by atoms with Crippen molar-refractivity contribution in [2.75, 3.05) is 40.6 Å². The average Bonchev–Trinajstić information content (AvgIpc) is 2.72. The largest absolute Gasteiger partial charge is 0.497 e. The summed E-state index contributed by atoms with van der Waals surface area (Å²) in [5.74, 6) is 2.02. The van der Waals surface area contributed by atoms with Gasteiger partial charge in [-0.05, 0) is 24.3 Å². The first-order valence-electron chi connectivity index (χ1n) is 8.81. The molecule has 2 aromatic carbocycles. The molecule has 0 saturated carbocycles. The van der Waals surface area contributed by atoms with Gasteiger partial charge in [0.2, 0.25) is 0 Å². The maximum absolute atomic E-state index is 12.4. The molecular weight excluding hydrogens is 505 g/mol. The summed E-state index contributed by atoms with van der Waals surface area (Å²) in [7, 11) is 3.42. The van der Waals surface area contributed by atoms with Gasteiger partial charge >= 0.3 is 0 Å². The molecule has 160 valence electrons. The second kappa shape index (κ2) is 11.9. The molecule has 29 heavy (non-hydrogen) atoms. The molecule has 0 saturated heterocycles. The number of hydrogen-bond donors (Lipinski definition) is 1. The third-order valence-corrected chi connectivity index (χ3v) is 5.96. The molecule has 0 radical (unpaired) electrons. The number of rotatable bonds is 8. The molecular formula is C20H28IN3O4S. The van der Waals surface area contributed by atoms with Crippen LogP contribution >= 0.6 is 24.0 Å². The molecule has 0 atom stereocenters. The van der Waals surface area contributed by atoms with E-state index in [1.807, 2.05) is 30.1 Å². The van der Waals surface area contributed by atoms with Crippen molar-refractivity contribution < 1.29 is 17.9 Å². The summed E-state index contributed by atoms with van der Waals surface area (Å²) < 4.78 is 35.4. The fraction of sp³-hybridized carbons (Fsp3) is 0.350. The van der Waals surface area contributed by atoms with Gasteiger partial charge in [-0.3, -0.25) is 4.99 Å². The highest BCUT2D eigenvalue weighted by Gasteiger charge is 2.15. The molecule has 0 aliphatic rings. The Labute approximate surface area is 190 Å². The molecule has 9 heteroatoms. The SMILES string of the molecule is CN=C(NCCS(=O)(=O)c1ccccc1)N(C)Cc1ccc(OC)cc1OC.I. The summed E-state index contributed by atoms with van der Waals surface area (Å²) in [6.07, 6.45) is 0. The Bertz CT molecular complexity index is 905. The Balaban J connectivity index is 0.00000420. The Morgan fingerprint density at radius 2 is 1.79 bits per heavy atom. The first kappa shape index (κ1) is 25.0. The number of benzene rings is 2. The van der Waals surface area contributed by atoms with E-state index < -0.39 is 9.84 Å². The van der Waals surface area contributed by atoms with Crippen molar-refractivity contribution in [3.63, 3.8) is 0 Å². The standard InChI is InChI=1S/C20H27N3O4S.HI/c1-21-20(22-12-13-28(24,25)18-8-6-5-7-9-18)23(2)15-16-10-11-17(26-3)14-19(16)27-4;/h5-11,14H,12-13,15H2,1-4H3,(H,21,22);1H. The zero-order chi connectivity index (χ0) is 20.6. The zero-order valence-electron chi connectivity index (χ0n) is 17.1. The maximum atomic E-state index is 12.4. The van der Waals surface area contributed by atoms with Crippen LogP contribution in [0.4, 0.5) is 0 Å². The van der Waals surface area contributed by atoms with E-state index in [4.69, 9.17) is 9.47 Å². The Morgan fingerprint density at radius 1 is 1.10 bits per heavy atom. The lowest BCUT2D eigenvalue weighted by Crippen LogP contribution is -2.40. The predicted molar refractivity (Wildman–Crippen MR) is 126 cm³/mol. The highest BCUT2D eigenvalue weighted by Crippen LogP contribution is 2.25. The van der Waals surface area contributed by atoms with Gasteiger partial charge in [0.1, 0.15) is 11.5 Å². The lowest BCUT2D eigenvalue weighted by atomic mass is 10.2. The minimum atomic E-state index is -3.34. The van der Waals surface area contributed by atoms with Crippen LogP contribution in [0.5, 0.6) is 11.5 Å². The van der Waals surface area contributed by atoms with Gasteiger partial charge in [0.15, 0.2) is 15.8 Å². The van der Waals surface area contributed by atoms with Crippen molar-refractivity contribution in [3.05, 3.63) is 54.1 Å². The number of nitrogens with zero attached hydrogens (tertiary/aromatic N) is 2. The number of ether oxygens (including phenoxy) is 2. The normalized spacial score (nSPS) is 11.4. The number of methoxy groups -OCH3 is 2. The fourth-order valence-corrected chi connectivity index (χ4v) is 3.92. The summed E-state index contributed by atoms with van der Waals surface area (Å²) >= 11 is 0. The zero-order valence-corrected chi connectivity index (χ0v) is 20.2. The Kier molecular flexibility index (Phi) is 10.2. The van der Waals surface area contributed by atoms with Crippen molar-refractivity contribution in [1.29, 1.82) is 0 Å². The van der Waals surface area contributed by atoms with Crippen LogP contribution < -0.4 is 14.8 Å². The van der Waals surface area contributed by atoms with Crippen LogP contribution in [-0.4, -0.2) is 59.9 Å². The fourth-order valence-electron chi connectivity index (χ4n) is 2.74. The van der Waals surface area contributed by atoms with E-state index in [9.17, 15) is 8.42 Å². The van der Waals surface area contributed by atoms with Crippen LogP contribution in [0.2, 0.25) is 0 Å². The second-order valence-corrected chi connectivity index (χ2v) is 8.25. The molecule has 1 N–H and O–H groups in total. The van der Waals surface area contributed by atoms with Gasteiger partial charge < -0.3 is 19.7 Å². The molecule has 2 rings (SSSR count). The van der Waals surface area contributed by atoms with Crippen LogP contribution in [0.15, 0.2) is 58.4 Å². The Morgan fingerprint density at radius 3 is 2.38 bits per heavy atom. The minimum absolute atomic E-state index is 0. The molecule has 2 aromatic rings. The van der Waals surface area contributed by atoms with E-state index >= 15 is 0 Å². The van der Waals surface area contributed by atoms with E-state index in [0.717, 1.165) is 11.3 Å². The molecule has 0 amide bonds. The van der Waals surface area contributed by atoms with Gasteiger partial charge in [-0.2, -0.15) is 0 Å². The van der Waals surface area contributed by atoms with Crippen molar-refractivity contribution in [3.8, 4) is 11.5 Å². The van der Waals surface area contributed by atoms with E-state index in [1.165, 1.54) is 0 Å². The minimum Gasteiger partial charge on any atom is -0.497 e. The van der Waals surface area contributed by atoms with Crippen LogP contribution in [-0.2, 0) is 16.4 Å². The number of hydrogen-bond acceptors (Lipinski definition) is 5. The average molecular weight is 533 g/mol. The van der Waals surface area contributed by atoms with Crippen LogP contribution in [0.25, 0.3) is 0 Å². The van der Waals surface area contributed by atoms with Gasteiger partial charge in [0.25, 0.3) is 0 Å². The molecule has 0 spiro atoms. The Hall–Kier alpha value is -2.01. The van der Waals surface area contributed by atoms with Crippen molar-refractivity contribution >= 4 is 39.8 Å². The first-order valence-corrected chi connectivity index (χ1v) is 10.5. The monoisotopic (exact) mass is 533 g/mol. The van der Waals surface area contributed by atoms with Crippen LogP contribution in [0.1, 0.15) is 5.56 Å². The topological polar surface area (TPSA) is 80.2 Å². The molecule has 7 nitrogen and oxygen atoms in total. The number of halogens is 1. The summed E-state index contributed by atoms with van der Waals surface area (Å²) in [4.78, 5) is 6.46. The molecule has 0 bridgehead atoms. The van der Waals surface area contributed by atoms with Crippen LogP contribution in [0, 0.1) is 0 Å². The van der Waals surface area contributed by atoms with E-state index in [1.54, 1.807) is 51.6 Å². The molecule has 0 aliphatic heterocycles. The number of aliphatic imine (C=N–C) groups is 1. The summed E-state index contributed by atoms with van der Waals surface area (Å²) in [6.45, 7) is 0.798. The summed E-state index contributed by atoms with van der Waals surface area (Å²) in [6, 6.07) is 14.1. The van der Waals surface area contributed by atoms with Gasteiger partial charge in [-0.15, -0.1) is 24.0 Å². The predicted octanol–water partition coefficient (Wildman–Crippen LogP) is 2.80. The maximum Gasteiger partial charge on any atom is 0.193 e. The number of nitrogens with one attached hydrogen (secondary N) is 1. The van der Waals surface area contributed by atoms with Gasteiger partial charge in [0.05, 0.1) is 24.9 Å². The smallest absolute Gasteiger partial charge is 0.193 e. The third-order valence-electron chi connectivity index (χ3n) is 4.23. The van der Waals surface area contributed by atoms with Crippen molar-refractivity contribution in [1.82, 2.24) is 10.2 Å². The molecule has 0 fully saturated rings. The molecule has 0 aromatic heterocycles. The van der Waals surface area contributed by atoms with Gasteiger partial charge in [-0.1, -0.05) is 18.2 Å². The quantitative estimate of drug-likeness (QED) is 0.320. The van der Waals surface area contributed by atoms with Gasteiger partial charge in [-0.25, -0.2) is 8.42 Å². The van der Waals surface area contributed by atoms with E-state index in [-0.39, 0.29) is 36.3 Å². The summed E-state index contributed by atoms with van der Waals surface area (Å²) in [5, 5.41) is 3.11. The molecule has 0 heterocycles. The van der Waals surface area contributed by atoms with Crippen molar-refractivity contribution in [2.45, 2.75) is 11.4 Å². The first-order chi connectivity index (χ1) is 13.4. The second-order valence-electron chi connectivity index (χ2n) is 6.14. The molecule has 0 aliphatic carbocycles. The lowest BCUT2D eigenvalue weighted by Gasteiger charge is -2.23. The highest BCUT2D eigenvalue weighted by atomic mass is 127. The van der Waals surface area contributed by atoms with Gasteiger partial charge in [0, 0.05) is 38.8 Å². The van der Waals surface area contributed by atoms with Crippen molar-refractivity contribution in [2.24, 2.45) is 4.99 Å². The van der Waals surface area contributed by atoms with E-state index in [2.05, 4.69) is 10.3 Å². The van der Waals surface area contributed by atoms with E-state index in [0.29, 0.717) is 23.1 Å². The van der Waals surface area contributed by atoms with Crippen LogP contribution in [0.3, 0.4) is 0 Å². The number of sulfone groups is 1. The highest BCUT2D eigenvalue weighted by molar-refractivity contribution is 14.0. The molecule has 0 unspecified atom stereocenters. The lowest BCUT2D eigenvalue weighted by molar-refractivity contribution is 0.382. The third kappa shape index (κ3) is 7.07.